The van der Waals surface area contributed by atoms with Crippen molar-refractivity contribution >= 4 is 11.8 Å². The molecule has 0 aliphatic heterocycles. The molecule has 3 nitrogen and oxygen atoms in total. The molecule has 0 saturated heterocycles. The molecule has 1 N–H and O–H groups in total. The molecule has 3 heteroatoms. The summed E-state index contributed by atoms with van der Waals surface area (Å²) in [6.45, 7) is 5.54. The van der Waals surface area contributed by atoms with Crippen LogP contribution in [0.15, 0.2) is 0 Å². The predicted octanol–water partition coefficient (Wildman–Crippen LogP) is 3.27. The molecule has 16 heavy (non-hydrogen) atoms. The van der Waals surface area contributed by atoms with E-state index in [1.165, 1.54) is 0 Å². The first-order chi connectivity index (χ1) is 7.52. The van der Waals surface area contributed by atoms with Crippen LogP contribution in [-0.4, -0.2) is 16.9 Å². The van der Waals surface area contributed by atoms with E-state index in [2.05, 4.69) is 6.92 Å². The number of aliphatic carboxylic acids is 1. The Kier molecular flexibility index (Phi) is 7.86. The predicted molar refractivity (Wildman–Crippen MR) is 64.3 cm³/mol. The van der Waals surface area contributed by atoms with E-state index in [4.69, 9.17) is 5.11 Å². The summed E-state index contributed by atoms with van der Waals surface area (Å²) in [6.07, 6.45) is 5.14. The average molecular weight is 228 g/mol. The van der Waals surface area contributed by atoms with Crippen molar-refractivity contribution in [3.8, 4) is 0 Å². The van der Waals surface area contributed by atoms with E-state index in [0.717, 1.165) is 25.7 Å². The van der Waals surface area contributed by atoms with Crippen LogP contribution in [0, 0.1) is 11.8 Å². The number of unbranched alkanes of at least 4 members (excludes halogenated alkanes) is 2. The van der Waals surface area contributed by atoms with Gasteiger partial charge in [-0.05, 0) is 25.7 Å². The molecule has 0 aliphatic carbocycles. The van der Waals surface area contributed by atoms with Gasteiger partial charge in [-0.1, -0.05) is 33.1 Å². The molecule has 0 rings (SSSR count). The lowest BCUT2D eigenvalue weighted by Crippen LogP contribution is -2.24. The molecule has 0 aromatic rings. The third kappa shape index (κ3) is 5.89. The molecule has 94 valence electrons. The van der Waals surface area contributed by atoms with Crippen LogP contribution in [0.4, 0.5) is 0 Å². The third-order valence-corrected chi connectivity index (χ3v) is 3.05. The van der Waals surface area contributed by atoms with Crippen molar-refractivity contribution in [3.05, 3.63) is 0 Å². The molecule has 0 fully saturated rings. The van der Waals surface area contributed by atoms with Gasteiger partial charge >= 0.3 is 5.97 Å². The molecular formula is C13H24O3. The second kappa shape index (κ2) is 8.31. The molecule has 0 amide bonds. The second-order valence-electron chi connectivity index (χ2n) is 4.51. The normalized spacial score (nSPS) is 14.4. The monoisotopic (exact) mass is 228 g/mol. The maximum Gasteiger partial charge on any atom is 0.306 e. The Morgan fingerprint density at radius 2 is 1.81 bits per heavy atom. The SMILES string of the molecule is CCCCCC(CC(C)=O)C(CC)C(=O)O. The van der Waals surface area contributed by atoms with E-state index in [9.17, 15) is 9.59 Å². The molecule has 0 radical (unpaired) electrons. The average Bonchev–Trinajstić information content (AvgIpc) is 2.17. The largest absolute Gasteiger partial charge is 0.481 e. The van der Waals surface area contributed by atoms with Crippen LogP contribution in [0.2, 0.25) is 0 Å². The fraction of sp³-hybridized carbons (Fsp3) is 0.846. The lowest BCUT2D eigenvalue weighted by Gasteiger charge is -2.21. The summed E-state index contributed by atoms with van der Waals surface area (Å²) < 4.78 is 0. The number of rotatable bonds is 9. The first kappa shape index (κ1) is 15.1. The zero-order valence-electron chi connectivity index (χ0n) is 10.7. The topological polar surface area (TPSA) is 54.4 Å². The fourth-order valence-electron chi connectivity index (χ4n) is 2.18. The number of Topliss-reactive ketones (excluding diaryl/α,β-unsaturated/α-hetero) is 1. The molecular weight excluding hydrogens is 204 g/mol. The summed E-state index contributed by atoms with van der Waals surface area (Å²) in [5, 5.41) is 9.10. The quantitative estimate of drug-likeness (QED) is 0.616. The van der Waals surface area contributed by atoms with Crippen LogP contribution in [0.3, 0.4) is 0 Å². The molecule has 2 atom stereocenters. The highest BCUT2D eigenvalue weighted by atomic mass is 16.4. The number of carbonyl (C=O) groups is 2. The Bertz CT molecular complexity index is 223. The lowest BCUT2D eigenvalue weighted by molar-refractivity contribution is -0.144. The van der Waals surface area contributed by atoms with E-state index in [1.807, 2.05) is 6.92 Å². The highest BCUT2D eigenvalue weighted by Gasteiger charge is 2.26. The van der Waals surface area contributed by atoms with Crippen molar-refractivity contribution in [1.82, 2.24) is 0 Å². The maximum absolute atomic E-state index is 11.1. The van der Waals surface area contributed by atoms with E-state index in [-0.39, 0.29) is 17.6 Å². The van der Waals surface area contributed by atoms with Crippen molar-refractivity contribution < 1.29 is 14.7 Å². The number of carboxylic acid groups (broad SMARTS) is 1. The van der Waals surface area contributed by atoms with Crippen LogP contribution in [0.1, 0.15) is 59.3 Å². The number of carbonyl (C=O) groups excluding carboxylic acids is 1. The first-order valence-corrected chi connectivity index (χ1v) is 6.25. The minimum absolute atomic E-state index is 0.0200. The summed E-state index contributed by atoms with van der Waals surface area (Å²) in [6, 6.07) is 0. The van der Waals surface area contributed by atoms with Gasteiger partial charge < -0.3 is 9.90 Å². The summed E-state index contributed by atoms with van der Waals surface area (Å²) in [7, 11) is 0. The minimum atomic E-state index is -0.759. The van der Waals surface area contributed by atoms with Gasteiger partial charge in [-0.2, -0.15) is 0 Å². The van der Waals surface area contributed by atoms with Crippen molar-refractivity contribution in [1.29, 1.82) is 0 Å². The van der Waals surface area contributed by atoms with E-state index < -0.39 is 5.97 Å². The van der Waals surface area contributed by atoms with Gasteiger partial charge in [0.15, 0.2) is 0 Å². The van der Waals surface area contributed by atoms with Gasteiger partial charge in [-0.15, -0.1) is 0 Å². The molecule has 0 saturated carbocycles. The van der Waals surface area contributed by atoms with Gasteiger partial charge in [0.05, 0.1) is 5.92 Å². The van der Waals surface area contributed by atoms with Crippen molar-refractivity contribution in [2.45, 2.75) is 59.3 Å². The summed E-state index contributed by atoms with van der Waals surface area (Å²) in [5.74, 6) is -1.00. The standard InChI is InChI=1S/C13H24O3/c1-4-6-7-8-11(9-10(3)14)12(5-2)13(15)16/h11-12H,4-9H2,1-3H3,(H,15,16). The second-order valence-corrected chi connectivity index (χ2v) is 4.51. The molecule has 0 heterocycles. The number of hydrogen-bond acceptors (Lipinski definition) is 2. The van der Waals surface area contributed by atoms with Gasteiger partial charge in [0.1, 0.15) is 5.78 Å². The number of ketones is 1. The van der Waals surface area contributed by atoms with Crippen LogP contribution < -0.4 is 0 Å². The van der Waals surface area contributed by atoms with Crippen LogP contribution in [-0.2, 0) is 9.59 Å². The molecule has 0 aromatic carbocycles. The van der Waals surface area contributed by atoms with E-state index in [0.29, 0.717) is 12.8 Å². The minimum Gasteiger partial charge on any atom is -0.481 e. The highest BCUT2D eigenvalue weighted by Crippen LogP contribution is 2.26. The summed E-state index contributed by atoms with van der Waals surface area (Å²) in [4.78, 5) is 22.2. The Morgan fingerprint density at radius 1 is 1.19 bits per heavy atom. The molecule has 0 aromatic heterocycles. The van der Waals surface area contributed by atoms with Crippen molar-refractivity contribution in [3.63, 3.8) is 0 Å². The Labute approximate surface area is 98.2 Å². The third-order valence-electron chi connectivity index (χ3n) is 3.05. The molecule has 0 spiro atoms. The van der Waals surface area contributed by atoms with Gasteiger partial charge in [0, 0.05) is 6.42 Å². The Hall–Kier alpha value is -0.860. The molecule has 2 unspecified atom stereocenters. The number of carboxylic acids is 1. The Balaban J connectivity index is 4.37. The van der Waals surface area contributed by atoms with Crippen LogP contribution >= 0.6 is 0 Å². The lowest BCUT2D eigenvalue weighted by atomic mass is 9.82. The smallest absolute Gasteiger partial charge is 0.306 e. The molecule has 0 bridgehead atoms. The first-order valence-electron chi connectivity index (χ1n) is 6.25. The molecule has 0 aliphatic rings. The maximum atomic E-state index is 11.1. The highest BCUT2D eigenvalue weighted by molar-refractivity contribution is 5.77. The van der Waals surface area contributed by atoms with Crippen molar-refractivity contribution in [2.24, 2.45) is 11.8 Å². The van der Waals surface area contributed by atoms with Gasteiger partial charge in [0.25, 0.3) is 0 Å². The zero-order chi connectivity index (χ0) is 12.6. The zero-order valence-corrected chi connectivity index (χ0v) is 10.7. The van der Waals surface area contributed by atoms with Gasteiger partial charge in [-0.3, -0.25) is 4.79 Å². The number of hydrogen-bond donors (Lipinski definition) is 1. The summed E-state index contributed by atoms with van der Waals surface area (Å²) >= 11 is 0. The van der Waals surface area contributed by atoms with Crippen LogP contribution in [0.25, 0.3) is 0 Å². The van der Waals surface area contributed by atoms with Crippen LogP contribution in [0.5, 0.6) is 0 Å². The summed E-state index contributed by atoms with van der Waals surface area (Å²) in [5.41, 5.74) is 0. The van der Waals surface area contributed by atoms with E-state index >= 15 is 0 Å². The Morgan fingerprint density at radius 3 is 2.19 bits per heavy atom. The van der Waals surface area contributed by atoms with Gasteiger partial charge in [0.2, 0.25) is 0 Å². The fourth-order valence-corrected chi connectivity index (χ4v) is 2.18. The van der Waals surface area contributed by atoms with Crippen molar-refractivity contribution in [2.75, 3.05) is 0 Å². The van der Waals surface area contributed by atoms with E-state index in [1.54, 1.807) is 6.92 Å². The van der Waals surface area contributed by atoms with Gasteiger partial charge in [-0.25, -0.2) is 0 Å².